The third kappa shape index (κ3) is 3.08. The molecule has 0 radical (unpaired) electrons. The van der Waals surface area contributed by atoms with Crippen LogP contribution < -0.4 is 5.32 Å². The second kappa shape index (κ2) is 6.31. The van der Waals surface area contributed by atoms with Gasteiger partial charge in [0.2, 0.25) is 0 Å². The molecule has 0 bridgehead atoms. The lowest BCUT2D eigenvalue weighted by atomic mass is 9.72. The Morgan fingerprint density at radius 3 is 2.81 bits per heavy atom. The van der Waals surface area contributed by atoms with Crippen LogP contribution in [0.4, 0.5) is 10.7 Å². The molecule has 4 nitrogen and oxygen atoms in total. The highest BCUT2D eigenvalue weighted by molar-refractivity contribution is 7.16. The summed E-state index contributed by atoms with van der Waals surface area (Å²) in [6.07, 6.45) is 3.01. The van der Waals surface area contributed by atoms with Gasteiger partial charge in [-0.05, 0) is 55.2 Å². The van der Waals surface area contributed by atoms with Gasteiger partial charge in [-0.1, -0.05) is 32.4 Å². The first kappa shape index (κ1) is 17.9. The molecule has 138 valence electrons. The van der Waals surface area contributed by atoms with Crippen molar-refractivity contribution < 1.29 is 4.79 Å². The SMILES string of the molecule is Cc1ccc2c(c1)C(=Nc1sc3c(c1C#N)CC[C@H](C(C)(C)C)C3)C(=O)N2. The second-order valence-corrected chi connectivity index (χ2v) is 9.65. The number of aliphatic imine (C=N–C) groups is 1. The van der Waals surface area contributed by atoms with E-state index in [1.54, 1.807) is 11.3 Å². The van der Waals surface area contributed by atoms with Crippen LogP contribution in [0.25, 0.3) is 0 Å². The van der Waals surface area contributed by atoms with Crippen LogP contribution >= 0.6 is 11.3 Å². The number of amides is 1. The van der Waals surface area contributed by atoms with Crippen LogP contribution in [0.5, 0.6) is 0 Å². The van der Waals surface area contributed by atoms with Gasteiger partial charge in [-0.3, -0.25) is 4.79 Å². The molecule has 0 spiro atoms. The Balaban J connectivity index is 1.78. The second-order valence-electron chi connectivity index (χ2n) is 8.57. The average molecular weight is 378 g/mol. The molecule has 2 aliphatic rings. The zero-order valence-corrected chi connectivity index (χ0v) is 17.0. The Hall–Kier alpha value is -2.45. The third-order valence-electron chi connectivity index (χ3n) is 5.69. The van der Waals surface area contributed by atoms with Gasteiger partial charge in [0.15, 0.2) is 0 Å². The van der Waals surface area contributed by atoms with Gasteiger partial charge < -0.3 is 5.32 Å². The number of hydrogen-bond donors (Lipinski definition) is 1. The van der Waals surface area contributed by atoms with Gasteiger partial charge in [-0.25, -0.2) is 4.99 Å². The first-order valence-corrected chi connectivity index (χ1v) is 10.2. The van der Waals surface area contributed by atoms with Gasteiger partial charge >= 0.3 is 0 Å². The molecular formula is C22H23N3OS. The quantitative estimate of drug-likeness (QED) is 0.747. The Bertz CT molecular complexity index is 1020. The maximum Gasteiger partial charge on any atom is 0.275 e. The molecule has 0 unspecified atom stereocenters. The third-order valence-corrected chi connectivity index (χ3v) is 6.84. The van der Waals surface area contributed by atoms with Gasteiger partial charge in [0.25, 0.3) is 5.91 Å². The predicted molar refractivity (Wildman–Crippen MR) is 110 cm³/mol. The van der Waals surface area contributed by atoms with Crippen LogP contribution in [-0.4, -0.2) is 11.6 Å². The molecule has 1 aromatic heterocycles. The van der Waals surface area contributed by atoms with Crippen molar-refractivity contribution in [2.24, 2.45) is 16.3 Å². The number of fused-ring (bicyclic) bond motifs is 2. The van der Waals surface area contributed by atoms with E-state index in [1.807, 2.05) is 25.1 Å². The highest BCUT2D eigenvalue weighted by Crippen LogP contribution is 2.45. The lowest BCUT2D eigenvalue weighted by Crippen LogP contribution is -2.26. The van der Waals surface area contributed by atoms with E-state index in [0.717, 1.165) is 41.6 Å². The fourth-order valence-corrected chi connectivity index (χ4v) is 5.24. The topological polar surface area (TPSA) is 65.2 Å². The number of thiophene rings is 1. The maximum atomic E-state index is 12.5. The summed E-state index contributed by atoms with van der Waals surface area (Å²) in [4.78, 5) is 18.4. The molecule has 4 rings (SSSR count). The molecule has 1 aliphatic carbocycles. The van der Waals surface area contributed by atoms with Gasteiger partial charge in [0.05, 0.1) is 11.3 Å². The van der Waals surface area contributed by atoms with Crippen LogP contribution in [0.15, 0.2) is 23.2 Å². The number of nitrogens with zero attached hydrogens (tertiary/aromatic N) is 2. The fraction of sp³-hybridized carbons (Fsp3) is 0.409. The van der Waals surface area contributed by atoms with E-state index in [2.05, 4.69) is 37.1 Å². The number of carbonyl (C=O) groups excluding carboxylic acids is 1. The van der Waals surface area contributed by atoms with E-state index in [4.69, 9.17) is 0 Å². The number of rotatable bonds is 1. The zero-order chi connectivity index (χ0) is 19.3. The minimum Gasteiger partial charge on any atom is -0.320 e. The number of benzene rings is 1. The molecule has 1 atom stereocenters. The summed E-state index contributed by atoms with van der Waals surface area (Å²) in [5.41, 5.74) is 5.16. The van der Waals surface area contributed by atoms with Crippen LogP contribution in [0.1, 0.15) is 54.3 Å². The lowest BCUT2D eigenvalue weighted by molar-refractivity contribution is -0.110. The van der Waals surface area contributed by atoms with Crippen LogP contribution in [0.2, 0.25) is 0 Å². The number of nitriles is 1. The van der Waals surface area contributed by atoms with E-state index < -0.39 is 0 Å². The molecule has 2 aromatic rings. The number of anilines is 1. The Morgan fingerprint density at radius 1 is 1.33 bits per heavy atom. The van der Waals surface area contributed by atoms with Crippen molar-refractivity contribution in [3.8, 4) is 6.07 Å². The summed E-state index contributed by atoms with van der Waals surface area (Å²) in [6.45, 7) is 8.85. The summed E-state index contributed by atoms with van der Waals surface area (Å²) in [6, 6.07) is 8.20. The highest BCUT2D eigenvalue weighted by Gasteiger charge is 2.33. The monoisotopic (exact) mass is 377 g/mol. The maximum absolute atomic E-state index is 12.5. The van der Waals surface area contributed by atoms with Crippen LogP contribution in [0.3, 0.4) is 0 Å². The molecular weight excluding hydrogens is 354 g/mol. The standard InChI is InChI=1S/C22H23N3OS/c1-12-5-8-17-15(9-12)19(20(26)24-17)25-21-16(11-23)14-7-6-13(22(2,3)4)10-18(14)27-21/h5,8-9,13H,6-7,10H2,1-4H3,(H,24,25,26)/t13-/m0/s1. The lowest BCUT2D eigenvalue weighted by Gasteiger charge is -2.33. The first-order valence-electron chi connectivity index (χ1n) is 9.33. The van der Waals surface area contributed by atoms with Crippen molar-refractivity contribution in [2.75, 3.05) is 5.32 Å². The Kier molecular flexibility index (Phi) is 4.20. The first-order chi connectivity index (χ1) is 12.8. The molecule has 1 aromatic carbocycles. The minimum atomic E-state index is -0.196. The van der Waals surface area contributed by atoms with Gasteiger partial charge in [-0.15, -0.1) is 11.3 Å². The summed E-state index contributed by atoms with van der Waals surface area (Å²) >= 11 is 1.58. The van der Waals surface area contributed by atoms with Crippen molar-refractivity contribution in [3.05, 3.63) is 45.3 Å². The van der Waals surface area contributed by atoms with Crippen LogP contribution in [-0.2, 0) is 17.6 Å². The normalized spacial score (nSPS) is 20.2. The van der Waals surface area contributed by atoms with E-state index in [9.17, 15) is 10.1 Å². The average Bonchev–Trinajstić information content (AvgIpc) is 3.11. The van der Waals surface area contributed by atoms with Crippen molar-refractivity contribution in [1.29, 1.82) is 5.26 Å². The predicted octanol–water partition coefficient (Wildman–Crippen LogP) is 5.15. The Labute approximate surface area is 163 Å². The summed E-state index contributed by atoms with van der Waals surface area (Å²) in [5, 5.41) is 13.3. The highest BCUT2D eigenvalue weighted by atomic mass is 32.1. The number of carbonyl (C=O) groups is 1. The largest absolute Gasteiger partial charge is 0.320 e. The van der Waals surface area contributed by atoms with Crippen molar-refractivity contribution in [1.82, 2.24) is 0 Å². The smallest absolute Gasteiger partial charge is 0.275 e. The summed E-state index contributed by atoms with van der Waals surface area (Å²) < 4.78 is 0. The molecule has 0 fully saturated rings. The molecule has 1 aliphatic heterocycles. The minimum absolute atomic E-state index is 0.196. The molecule has 1 N–H and O–H groups in total. The van der Waals surface area contributed by atoms with Crippen molar-refractivity contribution in [3.63, 3.8) is 0 Å². The zero-order valence-electron chi connectivity index (χ0n) is 16.1. The van der Waals surface area contributed by atoms with Crippen LogP contribution in [0, 0.1) is 29.6 Å². The van der Waals surface area contributed by atoms with E-state index in [-0.39, 0.29) is 11.3 Å². The van der Waals surface area contributed by atoms with Gasteiger partial charge in [-0.2, -0.15) is 5.26 Å². The summed E-state index contributed by atoms with van der Waals surface area (Å²) in [5.74, 6) is 0.410. The molecule has 1 amide bonds. The van der Waals surface area contributed by atoms with E-state index in [0.29, 0.717) is 22.2 Å². The molecule has 0 saturated carbocycles. The molecule has 0 saturated heterocycles. The molecule has 5 heteroatoms. The number of nitrogens with one attached hydrogen (secondary N) is 1. The van der Waals surface area contributed by atoms with E-state index in [1.165, 1.54) is 4.88 Å². The van der Waals surface area contributed by atoms with Crippen molar-refractivity contribution >= 4 is 33.6 Å². The Morgan fingerprint density at radius 2 is 2.11 bits per heavy atom. The fourth-order valence-electron chi connectivity index (χ4n) is 3.98. The number of aryl methyl sites for hydroxylation is 1. The molecule has 2 heterocycles. The number of hydrogen-bond acceptors (Lipinski definition) is 4. The van der Waals surface area contributed by atoms with Gasteiger partial charge in [0.1, 0.15) is 16.8 Å². The van der Waals surface area contributed by atoms with Gasteiger partial charge in [0, 0.05) is 10.4 Å². The van der Waals surface area contributed by atoms with E-state index >= 15 is 0 Å². The summed E-state index contributed by atoms with van der Waals surface area (Å²) in [7, 11) is 0. The molecule has 27 heavy (non-hydrogen) atoms. The van der Waals surface area contributed by atoms with Crippen molar-refractivity contribution in [2.45, 2.75) is 47.0 Å².